The highest BCUT2D eigenvalue weighted by Gasteiger charge is 2.19. The fourth-order valence-electron chi connectivity index (χ4n) is 2.32. The van der Waals surface area contributed by atoms with Crippen LogP contribution in [0.2, 0.25) is 5.02 Å². The molecule has 1 heterocycles. The summed E-state index contributed by atoms with van der Waals surface area (Å²) in [5, 5.41) is 0.721. The van der Waals surface area contributed by atoms with Crippen molar-refractivity contribution in [1.82, 2.24) is 9.97 Å². The Balaban J connectivity index is 2.01. The van der Waals surface area contributed by atoms with Crippen molar-refractivity contribution >= 4 is 11.6 Å². The minimum absolute atomic E-state index is 0.0908. The fourth-order valence-corrected chi connectivity index (χ4v) is 2.45. The lowest BCUT2D eigenvalue weighted by Gasteiger charge is -2.21. The third-order valence-corrected chi connectivity index (χ3v) is 3.58. The molecule has 2 N–H and O–H groups in total. The van der Waals surface area contributed by atoms with Crippen molar-refractivity contribution in [1.29, 1.82) is 0 Å². The molecule has 3 rings (SSSR count). The van der Waals surface area contributed by atoms with Crippen molar-refractivity contribution < 1.29 is 0 Å². The van der Waals surface area contributed by atoms with Gasteiger partial charge >= 0.3 is 0 Å². The van der Waals surface area contributed by atoms with Gasteiger partial charge in [0.1, 0.15) is 0 Å². The molecule has 4 heteroatoms. The van der Waals surface area contributed by atoms with Crippen molar-refractivity contribution in [3.05, 3.63) is 46.7 Å². The molecular weight excluding hydrogens is 246 g/mol. The van der Waals surface area contributed by atoms with E-state index in [1.807, 2.05) is 30.5 Å². The Morgan fingerprint density at radius 3 is 2.78 bits per heavy atom. The van der Waals surface area contributed by atoms with Crippen molar-refractivity contribution in [2.45, 2.75) is 25.3 Å². The maximum Gasteiger partial charge on any atom is 0.159 e. The number of hydrogen-bond donors (Lipinski definition) is 1. The first kappa shape index (κ1) is 11.6. The smallest absolute Gasteiger partial charge is 0.159 e. The highest BCUT2D eigenvalue weighted by molar-refractivity contribution is 6.30. The van der Waals surface area contributed by atoms with E-state index < -0.39 is 0 Å². The number of nitrogens with two attached hydrogens (primary N) is 1. The zero-order chi connectivity index (χ0) is 12.5. The quantitative estimate of drug-likeness (QED) is 0.856. The Morgan fingerprint density at radius 1 is 1.22 bits per heavy atom. The lowest BCUT2D eigenvalue weighted by molar-refractivity contribution is 0.557. The summed E-state index contributed by atoms with van der Waals surface area (Å²) >= 11 is 5.88. The first-order chi connectivity index (χ1) is 8.74. The summed E-state index contributed by atoms with van der Waals surface area (Å²) in [4.78, 5) is 9.04. The summed E-state index contributed by atoms with van der Waals surface area (Å²) in [6.45, 7) is 0. The number of aromatic nitrogens is 2. The number of nitrogens with zero attached hydrogens (tertiary/aromatic N) is 2. The van der Waals surface area contributed by atoms with Gasteiger partial charge in [-0.15, -0.1) is 0 Å². The molecule has 1 unspecified atom stereocenters. The van der Waals surface area contributed by atoms with Crippen LogP contribution >= 0.6 is 11.6 Å². The summed E-state index contributed by atoms with van der Waals surface area (Å²) < 4.78 is 0. The molecule has 0 spiro atoms. The molecule has 1 aliphatic rings. The van der Waals surface area contributed by atoms with Gasteiger partial charge in [0.2, 0.25) is 0 Å². The molecular formula is C14H14ClN3. The minimum Gasteiger partial charge on any atom is -0.324 e. The van der Waals surface area contributed by atoms with Crippen LogP contribution in [-0.2, 0) is 6.42 Å². The molecule has 0 saturated heterocycles. The van der Waals surface area contributed by atoms with Crippen LogP contribution in [0.5, 0.6) is 0 Å². The van der Waals surface area contributed by atoms with Crippen LogP contribution in [0, 0.1) is 0 Å². The molecule has 1 aromatic heterocycles. The van der Waals surface area contributed by atoms with E-state index in [4.69, 9.17) is 17.3 Å². The maximum atomic E-state index is 6.06. The second kappa shape index (κ2) is 4.67. The van der Waals surface area contributed by atoms with E-state index in [1.165, 1.54) is 0 Å². The van der Waals surface area contributed by atoms with E-state index in [9.17, 15) is 0 Å². The predicted octanol–water partition coefficient (Wildman–Crippen LogP) is 3.13. The number of halogens is 1. The average molecular weight is 260 g/mol. The Kier molecular flexibility index (Phi) is 3.02. The Bertz CT molecular complexity index is 566. The molecule has 0 amide bonds. The van der Waals surface area contributed by atoms with Crippen LogP contribution in [0.4, 0.5) is 0 Å². The SMILES string of the molecule is NC1CCCc2nc(-c3ccc(Cl)cc3)ncc21. The van der Waals surface area contributed by atoms with Crippen LogP contribution in [-0.4, -0.2) is 9.97 Å². The lowest BCUT2D eigenvalue weighted by Crippen LogP contribution is -2.19. The molecule has 3 nitrogen and oxygen atoms in total. The molecule has 1 aromatic carbocycles. The molecule has 0 fully saturated rings. The van der Waals surface area contributed by atoms with Gasteiger partial charge in [0.05, 0.1) is 0 Å². The van der Waals surface area contributed by atoms with Crippen molar-refractivity contribution in [2.75, 3.05) is 0 Å². The van der Waals surface area contributed by atoms with Gasteiger partial charge < -0.3 is 5.73 Å². The first-order valence-corrected chi connectivity index (χ1v) is 6.49. The van der Waals surface area contributed by atoms with Gasteiger partial charge in [-0.1, -0.05) is 11.6 Å². The molecule has 1 atom stereocenters. The van der Waals surface area contributed by atoms with Crippen LogP contribution in [0.25, 0.3) is 11.4 Å². The van der Waals surface area contributed by atoms with Gasteiger partial charge in [0, 0.05) is 34.1 Å². The maximum absolute atomic E-state index is 6.06. The molecule has 92 valence electrons. The van der Waals surface area contributed by atoms with Crippen molar-refractivity contribution in [2.24, 2.45) is 5.73 Å². The highest BCUT2D eigenvalue weighted by atomic mass is 35.5. The van der Waals surface area contributed by atoms with E-state index in [2.05, 4.69) is 9.97 Å². The van der Waals surface area contributed by atoms with Crippen LogP contribution in [0.15, 0.2) is 30.5 Å². The predicted molar refractivity (Wildman–Crippen MR) is 72.3 cm³/mol. The van der Waals surface area contributed by atoms with Gasteiger partial charge in [-0.2, -0.15) is 0 Å². The molecule has 0 radical (unpaired) electrons. The Labute approximate surface area is 111 Å². The first-order valence-electron chi connectivity index (χ1n) is 6.11. The monoisotopic (exact) mass is 259 g/mol. The largest absolute Gasteiger partial charge is 0.324 e. The number of rotatable bonds is 1. The zero-order valence-corrected chi connectivity index (χ0v) is 10.7. The Hall–Kier alpha value is -1.45. The third-order valence-electron chi connectivity index (χ3n) is 3.33. The summed E-state index contributed by atoms with van der Waals surface area (Å²) in [7, 11) is 0. The molecule has 0 saturated carbocycles. The number of fused-ring (bicyclic) bond motifs is 1. The molecule has 0 aliphatic heterocycles. The Morgan fingerprint density at radius 2 is 2.00 bits per heavy atom. The fraction of sp³-hybridized carbons (Fsp3) is 0.286. The van der Waals surface area contributed by atoms with Gasteiger partial charge in [-0.3, -0.25) is 0 Å². The normalized spacial score (nSPS) is 18.4. The van der Waals surface area contributed by atoms with E-state index in [0.29, 0.717) is 0 Å². The molecule has 18 heavy (non-hydrogen) atoms. The average Bonchev–Trinajstić information content (AvgIpc) is 2.39. The summed E-state index contributed by atoms with van der Waals surface area (Å²) in [6.07, 6.45) is 4.99. The zero-order valence-electron chi connectivity index (χ0n) is 9.94. The van der Waals surface area contributed by atoms with Crippen molar-refractivity contribution in [3.8, 4) is 11.4 Å². The molecule has 0 bridgehead atoms. The number of hydrogen-bond acceptors (Lipinski definition) is 3. The van der Waals surface area contributed by atoms with E-state index in [-0.39, 0.29) is 6.04 Å². The lowest BCUT2D eigenvalue weighted by atomic mass is 9.93. The third kappa shape index (κ3) is 2.11. The van der Waals surface area contributed by atoms with Crippen LogP contribution in [0.1, 0.15) is 30.1 Å². The van der Waals surface area contributed by atoms with Crippen molar-refractivity contribution in [3.63, 3.8) is 0 Å². The number of aryl methyl sites for hydroxylation is 1. The van der Waals surface area contributed by atoms with Crippen LogP contribution < -0.4 is 5.73 Å². The topological polar surface area (TPSA) is 51.8 Å². The van der Waals surface area contributed by atoms with Crippen LogP contribution in [0.3, 0.4) is 0 Å². The summed E-state index contributed by atoms with van der Waals surface area (Å²) in [6, 6.07) is 7.67. The summed E-state index contributed by atoms with van der Waals surface area (Å²) in [5.41, 5.74) is 9.23. The van der Waals surface area contributed by atoms with E-state index >= 15 is 0 Å². The summed E-state index contributed by atoms with van der Waals surface area (Å²) in [5.74, 6) is 0.750. The van der Waals surface area contributed by atoms with Gasteiger partial charge in [0.25, 0.3) is 0 Å². The van der Waals surface area contributed by atoms with E-state index in [0.717, 1.165) is 46.9 Å². The van der Waals surface area contributed by atoms with Gasteiger partial charge in [0.15, 0.2) is 5.82 Å². The highest BCUT2D eigenvalue weighted by Crippen LogP contribution is 2.27. The standard InChI is InChI=1S/C14H14ClN3/c15-10-6-4-9(5-7-10)14-17-8-11-12(16)2-1-3-13(11)18-14/h4-8,12H,1-3,16H2. The second-order valence-electron chi connectivity index (χ2n) is 4.60. The van der Waals surface area contributed by atoms with E-state index in [1.54, 1.807) is 0 Å². The molecule has 2 aromatic rings. The van der Waals surface area contributed by atoms with Gasteiger partial charge in [-0.25, -0.2) is 9.97 Å². The minimum atomic E-state index is 0.0908. The molecule has 1 aliphatic carbocycles. The number of benzene rings is 1. The second-order valence-corrected chi connectivity index (χ2v) is 5.04. The van der Waals surface area contributed by atoms with Gasteiger partial charge in [-0.05, 0) is 43.5 Å².